The molecule has 3 rings (SSSR count). The number of halogens is 2. The maximum atomic E-state index is 15.0. The molecule has 2 aliphatic heterocycles. The first-order chi connectivity index (χ1) is 13.6. The third kappa shape index (κ3) is 5.67. The number of carbonyl (C=O) groups excluding carboxylic acids is 1. The van der Waals surface area contributed by atoms with Gasteiger partial charge in [0.25, 0.3) is 0 Å². The number of ether oxygens (including phenoxy) is 1. The summed E-state index contributed by atoms with van der Waals surface area (Å²) in [5, 5.41) is 0. The van der Waals surface area contributed by atoms with Gasteiger partial charge in [-0.1, -0.05) is 22.4 Å². The van der Waals surface area contributed by atoms with Gasteiger partial charge in [-0.2, -0.15) is 0 Å². The number of piperidine rings is 1. The van der Waals surface area contributed by atoms with Gasteiger partial charge >= 0.3 is 5.97 Å². The van der Waals surface area contributed by atoms with Gasteiger partial charge in [0.1, 0.15) is 0 Å². The van der Waals surface area contributed by atoms with E-state index in [4.69, 9.17) is 4.74 Å². The van der Waals surface area contributed by atoms with Crippen LogP contribution in [0.5, 0.6) is 0 Å². The number of alkyl halides is 1. The van der Waals surface area contributed by atoms with Crippen molar-refractivity contribution in [1.29, 1.82) is 0 Å². The van der Waals surface area contributed by atoms with E-state index < -0.39 is 18.2 Å². The van der Waals surface area contributed by atoms with Crippen molar-refractivity contribution in [1.82, 2.24) is 9.80 Å². The smallest absolute Gasteiger partial charge is 0.342 e. The SMILES string of the molecule is CCOC(=O)C(F)C(CN1CCN(c2ccc(Br)cc2)CC1)N1CCCCC1. The van der Waals surface area contributed by atoms with Gasteiger partial charge in [-0.25, -0.2) is 9.18 Å². The van der Waals surface area contributed by atoms with Gasteiger partial charge in [0.2, 0.25) is 6.17 Å². The number of carbonyl (C=O) groups is 1. The number of piperazine rings is 1. The zero-order valence-corrected chi connectivity index (χ0v) is 18.2. The zero-order valence-electron chi connectivity index (χ0n) is 16.7. The minimum atomic E-state index is -1.58. The molecule has 28 heavy (non-hydrogen) atoms. The normalized spacial score (nSPS) is 21.3. The number of benzene rings is 1. The Morgan fingerprint density at radius 1 is 1.07 bits per heavy atom. The zero-order chi connectivity index (χ0) is 19.9. The monoisotopic (exact) mass is 455 g/mol. The molecule has 0 radical (unpaired) electrons. The molecule has 2 heterocycles. The van der Waals surface area contributed by atoms with Crippen molar-refractivity contribution in [2.45, 2.75) is 38.4 Å². The lowest BCUT2D eigenvalue weighted by Crippen LogP contribution is -2.56. The quantitative estimate of drug-likeness (QED) is 0.589. The van der Waals surface area contributed by atoms with Gasteiger partial charge in [0, 0.05) is 42.9 Å². The van der Waals surface area contributed by atoms with E-state index in [0.717, 1.165) is 56.6 Å². The van der Waals surface area contributed by atoms with Crippen LogP contribution in [0.4, 0.5) is 10.1 Å². The molecule has 2 atom stereocenters. The summed E-state index contributed by atoms with van der Waals surface area (Å²) in [7, 11) is 0. The summed E-state index contributed by atoms with van der Waals surface area (Å²) in [5.74, 6) is -0.716. The number of esters is 1. The van der Waals surface area contributed by atoms with Crippen LogP contribution in [0.15, 0.2) is 28.7 Å². The first-order valence-corrected chi connectivity index (χ1v) is 11.2. The lowest BCUT2D eigenvalue weighted by molar-refractivity contribution is -0.152. The molecule has 7 heteroatoms. The molecule has 0 bridgehead atoms. The molecule has 2 fully saturated rings. The van der Waals surface area contributed by atoms with Crippen molar-refractivity contribution < 1.29 is 13.9 Å². The molecule has 0 spiro atoms. The third-order valence-corrected chi connectivity index (χ3v) is 6.25. The third-order valence-electron chi connectivity index (χ3n) is 5.72. The van der Waals surface area contributed by atoms with Crippen LogP contribution in [0.1, 0.15) is 26.2 Å². The molecule has 0 aliphatic carbocycles. The number of anilines is 1. The van der Waals surface area contributed by atoms with E-state index in [2.05, 4.69) is 54.9 Å². The maximum Gasteiger partial charge on any atom is 0.342 e. The van der Waals surface area contributed by atoms with E-state index in [1.165, 1.54) is 12.1 Å². The molecule has 5 nitrogen and oxygen atoms in total. The van der Waals surface area contributed by atoms with E-state index >= 15 is 4.39 Å². The first kappa shape index (κ1) is 21.5. The Hall–Kier alpha value is -1.18. The number of hydrogen-bond donors (Lipinski definition) is 0. The van der Waals surface area contributed by atoms with E-state index in [9.17, 15) is 4.79 Å². The molecular formula is C21H31BrFN3O2. The summed E-state index contributed by atoms with van der Waals surface area (Å²) < 4.78 is 21.1. The minimum absolute atomic E-state index is 0.220. The summed E-state index contributed by atoms with van der Waals surface area (Å²) in [6, 6.07) is 7.93. The number of hydrogen-bond acceptors (Lipinski definition) is 5. The fourth-order valence-corrected chi connectivity index (χ4v) is 4.39. The highest BCUT2D eigenvalue weighted by molar-refractivity contribution is 9.10. The predicted octanol–water partition coefficient (Wildman–Crippen LogP) is 3.33. The second-order valence-electron chi connectivity index (χ2n) is 7.58. The van der Waals surface area contributed by atoms with Gasteiger partial charge in [-0.15, -0.1) is 0 Å². The Kier molecular flexibility index (Phi) is 8.11. The van der Waals surface area contributed by atoms with Crippen LogP contribution in [0.25, 0.3) is 0 Å². The number of nitrogens with zero attached hydrogens (tertiary/aromatic N) is 3. The van der Waals surface area contributed by atoms with Crippen molar-refractivity contribution in [3.05, 3.63) is 28.7 Å². The number of rotatable bonds is 7. The predicted molar refractivity (Wildman–Crippen MR) is 114 cm³/mol. The van der Waals surface area contributed by atoms with Crippen LogP contribution in [0.2, 0.25) is 0 Å². The lowest BCUT2D eigenvalue weighted by Gasteiger charge is -2.41. The molecule has 0 N–H and O–H groups in total. The second-order valence-corrected chi connectivity index (χ2v) is 8.50. The summed E-state index contributed by atoms with van der Waals surface area (Å²) in [6.07, 6.45) is 1.75. The van der Waals surface area contributed by atoms with Crippen molar-refractivity contribution in [2.75, 3.05) is 57.3 Å². The summed E-state index contributed by atoms with van der Waals surface area (Å²) in [6.45, 7) is 7.81. The Bertz CT molecular complexity index is 617. The molecule has 1 aromatic rings. The molecule has 0 saturated carbocycles. The molecule has 2 unspecified atom stereocenters. The molecule has 0 aromatic heterocycles. The van der Waals surface area contributed by atoms with E-state index in [1.54, 1.807) is 6.92 Å². The van der Waals surface area contributed by atoms with Gasteiger partial charge in [0.05, 0.1) is 12.6 Å². The van der Waals surface area contributed by atoms with Crippen LogP contribution in [0.3, 0.4) is 0 Å². The summed E-state index contributed by atoms with van der Waals surface area (Å²) >= 11 is 3.48. The second kappa shape index (κ2) is 10.6. The van der Waals surface area contributed by atoms with Crippen LogP contribution < -0.4 is 4.90 Å². The largest absolute Gasteiger partial charge is 0.464 e. The molecule has 2 aliphatic rings. The topological polar surface area (TPSA) is 36.0 Å². The average Bonchev–Trinajstić information content (AvgIpc) is 2.73. The summed E-state index contributed by atoms with van der Waals surface area (Å²) in [4.78, 5) is 18.9. The highest BCUT2D eigenvalue weighted by Gasteiger charge is 2.36. The van der Waals surface area contributed by atoms with Crippen LogP contribution in [-0.4, -0.2) is 80.4 Å². The van der Waals surface area contributed by atoms with Crippen molar-refractivity contribution in [2.24, 2.45) is 0 Å². The molecule has 156 valence electrons. The van der Waals surface area contributed by atoms with Crippen molar-refractivity contribution >= 4 is 27.6 Å². The van der Waals surface area contributed by atoms with Crippen LogP contribution >= 0.6 is 15.9 Å². The van der Waals surface area contributed by atoms with Crippen LogP contribution in [-0.2, 0) is 9.53 Å². The highest BCUT2D eigenvalue weighted by atomic mass is 79.9. The average molecular weight is 456 g/mol. The Morgan fingerprint density at radius 2 is 1.71 bits per heavy atom. The highest BCUT2D eigenvalue weighted by Crippen LogP contribution is 2.22. The number of likely N-dealkylation sites (tertiary alicyclic amines) is 1. The minimum Gasteiger partial charge on any atom is -0.464 e. The Labute approximate surface area is 175 Å². The molecule has 1 aromatic carbocycles. The maximum absolute atomic E-state index is 15.0. The van der Waals surface area contributed by atoms with Gasteiger partial charge in [-0.05, 0) is 57.1 Å². The van der Waals surface area contributed by atoms with E-state index in [0.29, 0.717) is 6.54 Å². The molecule has 2 saturated heterocycles. The van der Waals surface area contributed by atoms with Crippen LogP contribution in [0, 0.1) is 0 Å². The Balaban J connectivity index is 1.59. The van der Waals surface area contributed by atoms with E-state index in [-0.39, 0.29) is 6.61 Å². The van der Waals surface area contributed by atoms with Crippen molar-refractivity contribution in [3.63, 3.8) is 0 Å². The Morgan fingerprint density at radius 3 is 2.32 bits per heavy atom. The lowest BCUT2D eigenvalue weighted by atomic mass is 10.0. The van der Waals surface area contributed by atoms with Gasteiger partial charge < -0.3 is 9.64 Å². The fourth-order valence-electron chi connectivity index (χ4n) is 4.13. The van der Waals surface area contributed by atoms with Gasteiger partial charge in [-0.3, -0.25) is 9.80 Å². The fraction of sp³-hybridized carbons (Fsp3) is 0.667. The van der Waals surface area contributed by atoms with E-state index in [1.807, 2.05) is 0 Å². The molecular weight excluding hydrogens is 425 g/mol. The van der Waals surface area contributed by atoms with Crippen molar-refractivity contribution in [3.8, 4) is 0 Å². The molecule has 0 amide bonds. The summed E-state index contributed by atoms with van der Waals surface area (Å²) in [5.41, 5.74) is 1.21. The standard InChI is InChI=1S/C21H31BrFN3O2/c1-2-28-21(27)20(23)19(26-10-4-3-5-11-26)16-24-12-14-25(15-13-24)18-8-6-17(22)7-9-18/h6-9,19-20H,2-5,10-16H2,1H3. The first-order valence-electron chi connectivity index (χ1n) is 10.4. The van der Waals surface area contributed by atoms with Gasteiger partial charge in [0.15, 0.2) is 0 Å².